The van der Waals surface area contributed by atoms with Gasteiger partial charge in [0.05, 0.1) is 13.2 Å². The van der Waals surface area contributed by atoms with Crippen LogP contribution in [0.5, 0.6) is 5.75 Å². The maximum Gasteiger partial charge on any atom is 0.351 e. The molecule has 1 saturated heterocycles. The molecule has 0 saturated carbocycles. The zero-order chi connectivity index (χ0) is 25.3. The number of anilines is 1. The Hall–Kier alpha value is -3.20. The second-order valence-corrected chi connectivity index (χ2v) is 9.75. The highest BCUT2D eigenvalue weighted by Gasteiger charge is 2.25. The molecule has 1 fully saturated rings. The van der Waals surface area contributed by atoms with Gasteiger partial charge in [-0.2, -0.15) is 0 Å². The zero-order valence-electron chi connectivity index (χ0n) is 19.7. The first-order valence-corrected chi connectivity index (χ1v) is 13.1. The van der Waals surface area contributed by atoms with E-state index in [1.54, 1.807) is 37.5 Å². The number of nitrogens with two attached hydrogens (primary N) is 1. The molecule has 1 unspecified atom stereocenters. The smallest absolute Gasteiger partial charge is 0.351 e. The number of nitrogen functional groups attached to an aromatic ring is 1. The first-order chi connectivity index (χ1) is 16.8. The van der Waals surface area contributed by atoms with Crippen LogP contribution in [0, 0.1) is 11.3 Å². The molecule has 1 amide bonds. The molecule has 3 rings (SSSR count). The first-order valence-electron chi connectivity index (χ1n) is 11.5. The number of amidine groups is 1. The van der Waals surface area contributed by atoms with E-state index < -0.39 is 7.60 Å². The van der Waals surface area contributed by atoms with Crippen molar-refractivity contribution in [2.45, 2.75) is 19.8 Å². The molecule has 0 bridgehead atoms. The highest BCUT2D eigenvalue weighted by Crippen LogP contribution is 2.44. The summed E-state index contributed by atoms with van der Waals surface area (Å²) in [7, 11) is -3.86. The molecular formula is C24H32N5O5P. The highest BCUT2D eigenvalue weighted by molar-refractivity contribution is 7.56. The van der Waals surface area contributed by atoms with Crippen molar-refractivity contribution in [3.63, 3.8) is 0 Å². The fraction of sp³-hybridized carbons (Fsp3) is 0.375. The third kappa shape index (κ3) is 7.92. The Labute approximate surface area is 205 Å². The van der Waals surface area contributed by atoms with Gasteiger partial charge in [0.2, 0.25) is 5.91 Å². The van der Waals surface area contributed by atoms with Gasteiger partial charge in [0.1, 0.15) is 18.2 Å². The minimum atomic E-state index is -3.86. The molecule has 1 aromatic carbocycles. The molecule has 1 aromatic heterocycles. The molecule has 2 aromatic rings. The molecule has 188 valence electrons. The molecule has 2 heterocycles. The summed E-state index contributed by atoms with van der Waals surface area (Å²) in [6.45, 7) is 3.84. The van der Waals surface area contributed by atoms with Crippen LogP contribution in [0.2, 0.25) is 0 Å². The predicted molar refractivity (Wildman–Crippen MR) is 136 cm³/mol. The van der Waals surface area contributed by atoms with E-state index in [0.717, 1.165) is 37.4 Å². The fourth-order valence-corrected chi connectivity index (χ4v) is 4.61. The Morgan fingerprint density at radius 3 is 2.69 bits per heavy atom. The summed E-state index contributed by atoms with van der Waals surface area (Å²) < 4.78 is 22.6. The average molecular weight is 502 g/mol. The first kappa shape index (κ1) is 26.4. The maximum absolute atomic E-state index is 12.6. The van der Waals surface area contributed by atoms with Gasteiger partial charge in [-0.3, -0.25) is 19.8 Å². The summed E-state index contributed by atoms with van der Waals surface area (Å²) in [5.41, 5.74) is 7.68. The van der Waals surface area contributed by atoms with Crippen LogP contribution in [0.3, 0.4) is 0 Å². The molecule has 0 spiro atoms. The molecule has 11 heteroatoms. The number of hydrogen-bond acceptors (Lipinski definition) is 7. The number of benzene rings is 1. The lowest BCUT2D eigenvalue weighted by molar-refractivity contribution is -0.125. The average Bonchev–Trinajstić information content (AvgIpc) is 2.86. The number of ether oxygens (including phenoxy) is 1. The number of amides is 1. The van der Waals surface area contributed by atoms with Gasteiger partial charge < -0.3 is 30.1 Å². The van der Waals surface area contributed by atoms with Crippen molar-refractivity contribution in [3.05, 3.63) is 59.7 Å². The minimum Gasteiger partial charge on any atom is -0.491 e. The van der Waals surface area contributed by atoms with Crippen LogP contribution in [0.15, 0.2) is 48.5 Å². The van der Waals surface area contributed by atoms with Gasteiger partial charge in [-0.05, 0) is 44.0 Å². The van der Waals surface area contributed by atoms with E-state index in [2.05, 4.69) is 15.2 Å². The number of piperidine rings is 1. The van der Waals surface area contributed by atoms with Crippen LogP contribution in [0.25, 0.3) is 6.08 Å². The van der Waals surface area contributed by atoms with Crippen LogP contribution in [0.1, 0.15) is 30.9 Å². The van der Waals surface area contributed by atoms with Crippen LogP contribution >= 0.6 is 7.60 Å². The Morgan fingerprint density at radius 1 is 1.31 bits per heavy atom. The monoisotopic (exact) mass is 501 g/mol. The lowest BCUT2D eigenvalue weighted by Gasteiger charge is -2.32. The zero-order valence-corrected chi connectivity index (χ0v) is 20.6. The van der Waals surface area contributed by atoms with E-state index >= 15 is 0 Å². The van der Waals surface area contributed by atoms with E-state index in [0.29, 0.717) is 23.4 Å². The lowest BCUT2D eigenvalue weighted by Crippen LogP contribution is -2.41. The quantitative estimate of drug-likeness (QED) is 0.159. The Bertz CT molecular complexity index is 1090. The minimum absolute atomic E-state index is 0.00137. The Balaban J connectivity index is 1.52. The molecule has 35 heavy (non-hydrogen) atoms. The number of hydrogen-bond donors (Lipinski definition) is 4. The van der Waals surface area contributed by atoms with E-state index in [-0.39, 0.29) is 30.9 Å². The van der Waals surface area contributed by atoms with Crippen molar-refractivity contribution in [3.8, 4) is 5.75 Å². The van der Waals surface area contributed by atoms with Crippen LogP contribution in [0.4, 0.5) is 5.69 Å². The van der Waals surface area contributed by atoms with Crippen LogP contribution < -0.4 is 20.7 Å². The molecule has 0 aliphatic carbocycles. The van der Waals surface area contributed by atoms with Gasteiger partial charge in [0.25, 0.3) is 0 Å². The van der Waals surface area contributed by atoms with E-state index in [1.807, 2.05) is 12.1 Å². The standard InChI is InChI=1S/C24H32N5O5P/c1-2-34-35(31,32)16-9-18-3-4-20(23(25)26)17-22(18)33-15-12-28-24(30)19-7-13-29(14-8-19)21-5-10-27-11-6-21/h3-6,9-11,16-17,19H,2,7-8,12-15H2,1H3,(H3,25,26)(H,28,30)(H,31,32)/b16-9+. The molecule has 0 radical (unpaired) electrons. The Morgan fingerprint density at radius 2 is 2.03 bits per heavy atom. The number of nitrogens with one attached hydrogen (secondary N) is 2. The van der Waals surface area contributed by atoms with Gasteiger partial charge in [-0.25, -0.2) is 0 Å². The number of nitrogens with zero attached hydrogens (tertiary/aromatic N) is 2. The van der Waals surface area contributed by atoms with E-state index in [9.17, 15) is 14.3 Å². The van der Waals surface area contributed by atoms with Crippen molar-refractivity contribution < 1.29 is 23.5 Å². The summed E-state index contributed by atoms with van der Waals surface area (Å²) >= 11 is 0. The van der Waals surface area contributed by atoms with Crippen LogP contribution in [-0.4, -0.2) is 54.5 Å². The van der Waals surface area contributed by atoms with Crippen molar-refractivity contribution in [2.75, 3.05) is 37.7 Å². The van der Waals surface area contributed by atoms with Crippen molar-refractivity contribution in [2.24, 2.45) is 11.7 Å². The van der Waals surface area contributed by atoms with Crippen LogP contribution in [-0.2, 0) is 13.9 Å². The van der Waals surface area contributed by atoms with Gasteiger partial charge in [-0.15, -0.1) is 0 Å². The number of carbonyl (C=O) groups is 1. The number of rotatable bonds is 11. The molecule has 10 nitrogen and oxygen atoms in total. The normalized spacial score (nSPS) is 16.1. The van der Waals surface area contributed by atoms with Crippen molar-refractivity contribution in [1.82, 2.24) is 10.3 Å². The molecule has 5 N–H and O–H groups in total. The molecule has 1 aliphatic heterocycles. The molecular weight excluding hydrogens is 469 g/mol. The highest BCUT2D eigenvalue weighted by atomic mass is 31.2. The summed E-state index contributed by atoms with van der Waals surface area (Å²) in [4.78, 5) is 28.7. The SMILES string of the molecule is CCOP(=O)(O)/C=C/c1ccc(C(=N)N)cc1OCCNC(=O)C1CCN(c2ccncc2)CC1. The van der Waals surface area contributed by atoms with Gasteiger partial charge in [0.15, 0.2) is 0 Å². The number of pyridine rings is 1. The second-order valence-electron chi connectivity index (χ2n) is 8.07. The third-order valence-electron chi connectivity index (χ3n) is 5.63. The predicted octanol–water partition coefficient (Wildman–Crippen LogP) is 2.97. The largest absolute Gasteiger partial charge is 0.491 e. The Kier molecular flexibility index (Phi) is 9.42. The lowest BCUT2D eigenvalue weighted by atomic mass is 9.95. The number of carbonyl (C=O) groups excluding carboxylic acids is 1. The third-order valence-corrected chi connectivity index (χ3v) is 6.79. The van der Waals surface area contributed by atoms with Gasteiger partial charge >= 0.3 is 7.60 Å². The maximum atomic E-state index is 12.6. The summed E-state index contributed by atoms with van der Waals surface area (Å²) in [6.07, 6.45) is 6.51. The number of aromatic nitrogens is 1. The van der Waals surface area contributed by atoms with Crippen molar-refractivity contribution in [1.29, 1.82) is 5.41 Å². The van der Waals surface area contributed by atoms with Crippen molar-refractivity contribution >= 4 is 31.1 Å². The van der Waals surface area contributed by atoms with Gasteiger partial charge in [-0.1, -0.05) is 12.1 Å². The van der Waals surface area contributed by atoms with Gasteiger partial charge in [0, 0.05) is 54.0 Å². The summed E-state index contributed by atoms with van der Waals surface area (Å²) in [6, 6.07) is 8.79. The topological polar surface area (TPSA) is 151 Å². The second kappa shape index (κ2) is 12.5. The molecule has 1 aliphatic rings. The summed E-state index contributed by atoms with van der Waals surface area (Å²) in [5, 5.41) is 10.6. The van der Waals surface area contributed by atoms with E-state index in [4.69, 9.17) is 20.4 Å². The molecule has 1 atom stereocenters. The fourth-order valence-electron chi connectivity index (χ4n) is 3.80. The summed E-state index contributed by atoms with van der Waals surface area (Å²) in [5.74, 6) is 1.29. The van der Waals surface area contributed by atoms with E-state index in [1.165, 1.54) is 6.08 Å².